The van der Waals surface area contributed by atoms with Gasteiger partial charge < -0.3 is 39.1 Å². The summed E-state index contributed by atoms with van der Waals surface area (Å²) in [6, 6.07) is 6.74. The van der Waals surface area contributed by atoms with Crippen molar-refractivity contribution in [2.45, 2.75) is 184 Å². The third-order valence-corrected chi connectivity index (χ3v) is 12.6. The van der Waals surface area contributed by atoms with E-state index in [0.717, 1.165) is 52.4 Å². The second-order valence-corrected chi connectivity index (χ2v) is 27.1. The summed E-state index contributed by atoms with van der Waals surface area (Å²) in [5.74, 6) is -0.133. The Hall–Kier alpha value is -4.68. The van der Waals surface area contributed by atoms with Crippen molar-refractivity contribution in [2.24, 2.45) is 32.5 Å². The molecule has 2 amide bonds. The third-order valence-electron chi connectivity index (χ3n) is 12.6. The van der Waals surface area contributed by atoms with Crippen molar-refractivity contribution >= 4 is 70.1 Å². The molecule has 0 aliphatic carbocycles. The first-order valence-electron chi connectivity index (χ1n) is 28.2. The Morgan fingerprint density at radius 3 is 1.20 bits per heavy atom. The van der Waals surface area contributed by atoms with Gasteiger partial charge in [-0.3, -0.25) is 43.2 Å². The third kappa shape index (κ3) is 40.3. The number of ketones is 9. The fraction of sp³-hybridized carbons (Fsp3) is 0.662. The number of likely N-dealkylation sites (N-methyl/N-ethyl adjacent to an activating group) is 2. The molecule has 1 atom stereocenters. The van der Waals surface area contributed by atoms with E-state index in [1.54, 1.807) is 56.2 Å². The van der Waals surface area contributed by atoms with Gasteiger partial charge in [-0.1, -0.05) is 136 Å². The molecule has 3 rings (SSSR count). The summed E-state index contributed by atoms with van der Waals surface area (Å²) in [5.41, 5.74) is -1.58. The SMILES string of the molecule is CC(=O)/C=C/C(=O)C(C)(C)C.CC(=O)C(O)CC(=O)C(C)(C)C.CC(=O)CCC(=O)C(C)(C)C.CC(C)(C)C(=O)c1ccccc1[C-]=O.CN1CCN(C(=O)/C=C/C(=O)C(C)(C)C)CC1.CN1CCN(C(=O)CCC(=O)C(C)(C)C)CC1.[Y]. The van der Waals surface area contributed by atoms with Gasteiger partial charge in [0.05, 0.1) is 6.29 Å². The van der Waals surface area contributed by atoms with E-state index in [1.807, 2.05) is 116 Å². The molecule has 0 saturated carbocycles. The largest absolute Gasteiger partial charge is 0.385 e. The Bertz CT molecular complexity index is 2360. The number of aliphatic hydroxyl groups excluding tert-OH is 1. The number of Topliss-reactive ketones (excluding diaryl/α,β-unsaturated/α-hetero) is 6. The molecule has 1 radical (unpaired) electrons. The van der Waals surface area contributed by atoms with Crippen molar-refractivity contribution in [1.82, 2.24) is 19.6 Å². The van der Waals surface area contributed by atoms with Crippen LogP contribution in [0.4, 0.5) is 0 Å². The van der Waals surface area contributed by atoms with E-state index in [4.69, 9.17) is 5.11 Å². The summed E-state index contributed by atoms with van der Waals surface area (Å²) in [5, 5.41) is 9.09. The second kappa shape index (κ2) is 39.1. The van der Waals surface area contributed by atoms with Gasteiger partial charge in [0, 0.05) is 156 Å². The van der Waals surface area contributed by atoms with Crippen LogP contribution in [0.5, 0.6) is 0 Å². The quantitative estimate of drug-likeness (QED) is 0.0979. The van der Waals surface area contributed by atoms with Crippen molar-refractivity contribution in [1.29, 1.82) is 0 Å². The van der Waals surface area contributed by atoms with E-state index >= 15 is 0 Å². The molecule has 17 nitrogen and oxygen atoms in total. The molecular weight excluding hydrogens is 1130 g/mol. The predicted octanol–water partition coefficient (Wildman–Crippen LogP) is 9.12. The van der Waals surface area contributed by atoms with Crippen LogP contribution in [0.1, 0.15) is 193 Å². The summed E-state index contributed by atoms with van der Waals surface area (Å²) in [4.78, 5) is 143. The number of carbonyl (C=O) groups excluding carboxylic acids is 12. The number of hydrogen-bond acceptors (Lipinski definition) is 15. The van der Waals surface area contributed by atoms with Crippen LogP contribution in [-0.2, 0) is 85.4 Å². The first-order valence-corrected chi connectivity index (χ1v) is 28.2. The van der Waals surface area contributed by atoms with Crippen molar-refractivity contribution in [2.75, 3.05) is 66.5 Å². The van der Waals surface area contributed by atoms with Crippen LogP contribution in [0.3, 0.4) is 0 Å². The molecule has 83 heavy (non-hydrogen) atoms. The minimum atomic E-state index is -1.13. The monoisotopic (exact) mass is 1240 g/mol. The standard InChI is InChI=1S/C13H24N2O2.C13H22N2O2.C12H13O2.C9H16O3.C9H16O2.C9H14O2.Y/c2*1-13(2,3)11(16)5-6-12(17)15-9-7-14(4)8-10-15;1-12(2,3)11(14)10-7-5-4-6-9(10)8-13;1-6(10)7(11)5-8(12)9(2,3)4;2*1-7(10)5-6-8(11)9(2,3)4;/h5-10H2,1-4H3;5-6H,7-10H2,1-4H3;4-7H,1-3H3;7,11H,5H2,1-4H3;5-6H2,1-4H3;5-6H,1-4H3;/q;;-1;;;;/b;6-5+;;;;6-5+;. The smallest absolute Gasteiger partial charge is 0.246 e. The zero-order valence-corrected chi connectivity index (χ0v) is 57.9. The summed E-state index contributed by atoms with van der Waals surface area (Å²) in [6.45, 7) is 44.0. The zero-order valence-electron chi connectivity index (χ0n) is 55.1. The van der Waals surface area contributed by atoms with Gasteiger partial charge in [-0.25, -0.2) is 0 Å². The van der Waals surface area contributed by atoms with Crippen LogP contribution in [0, 0.1) is 32.5 Å². The molecule has 1 unspecified atom stereocenters. The number of nitrogens with zero attached hydrogens (tertiary/aromatic N) is 4. The van der Waals surface area contributed by atoms with Crippen molar-refractivity contribution in [3.05, 3.63) is 59.7 Å². The fourth-order valence-electron chi connectivity index (χ4n) is 6.25. The summed E-state index contributed by atoms with van der Waals surface area (Å²) in [6.07, 6.45) is 7.52. The molecule has 1 aromatic rings. The van der Waals surface area contributed by atoms with Crippen LogP contribution in [-0.4, -0.2) is 167 Å². The molecular formula is C65H105N4O13Y-. The predicted molar refractivity (Wildman–Crippen MR) is 325 cm³/mol. The van der Waals surface area contributed by atoms with Gasteiger partial charge in [-0.05, 0) is 53.1 Å². The number of amides is 2. The molecule has 0 spiro atoms. The van der Waals surface area contributed by atoms with Gasteiger partial charge in [0.2, 0.25) is 11.8 Å². The molecule has 2 aliphatic rings. The summed E-state index contributed by atoms with van der Waals surface area (Å²) in [7, 11) is 4.10. The molecule has 0 bridgehead atoms. The number of carbonyl (C=O) groups is 11. The van der Waals surface area contributed by atoms with Gasteiger partial charge in [-0.2, -0.15) is 6.07 Å². The molecule has 1 N–H and O–H groups in total. The van der Waals surface area contributed by atoms with Crippen LogP contribution < -0.4 is 0 Å². The first kappa shape index (κ1) is 84.8. The molecule has 2 aliphatic heterocycles. The minimum Gasteiger partial charge on any atom is -0.385 e. The average Bonchev–Trinajstić information content (AvgIpc) is 3.34. The van der Waals surface area contributed by atoms with E-state index < -0.39 is 22.3 Å². The number of aliphatic hydroxyl groups is 1. The van der Waals surface area contributed by atoms with Crippen LogP contribution in [0.15, 0.2) is 48.6 Å². The molecule has 467 valence electrons. The van der Waals surface area contributed by atoms with Gasteiger partial charge in [0.25, 0.3) is 0 Å². The molecule has 18 heteroatoms. The molecule has 2 heterocycles. The summed E-state index contributed by atoms with van der Waals surface area (Å²) >= 11 is 0. The maximum Gasteiger partial charge on any atom is 0.246 e. The van der Waals surface area contributed by atoms with Gasteiger partial charge in [0.1, 0.15) is 35.0 Å². The van der Waals surface area contributed by atoms with E-state index in [1.165, 1.54) is 45.1 Å². The second-order valence-electron chi connectivity index (χ2n) is 27.1. The van der Waals surface area contributed by atoms with E-state index in [0.29, 0.717) is 36.8 Å². The van der Waals surface area contributed by atoms with E-state index in [9.17, 15) is 57.5 Å². The van der Waals surface area contributed by atoms with E-state index in [2.05, 4.69) is 16.8 Å². The Labute approximate surface area is 524 Å². The van der Waals surface area contributed by atoms with Crippen LogP contribution >= 0.6 is 0 Å². The normalized spacial score (nSPS) is 14.6. The van der Waals surface area contributed by atoms with Gasteiger partial charge in [0.15, 0.2) is 23.1 Å². The first-order chi connectivity index (χ1) is 37.0. The van der Waals surface area contributed by atoms with Gasteiger partial charge in [-0.15, -0.1) is 17.7 Å². The number of allylic oxidation sites excluding steroid dienone is 3. The maximum absolute atomic E-state index is 11.9. The Balaban J connectivity index is -0.000000455. The van der Waals surface area contributed by atoms with Crippen LogP contribution in [0.25, 0.3) is 0 Å². The number of benzene rings is 1. The Morgan fingerprint density at radius 1 is 0.494 bits per heavy atom. The minimum absolute atomic E-state index is 0. The topological polar surface area (TPSA) is 238 Å². The molecule has 1 aromatic carbocycles. The fourth-order valence-corrected chi connectivity index (χ4v) is 6.25. The zero-order chi connectivity index (χ0) is 64.9. The number of piperazine rings is 2. The van der Waals surface area contributed by atoms with Gasteiger partial charge >= 0.3 is 0 Å². The Morgan fingerprint density at radius 2 is 0.867 bits per heavy atom. The number of rotatable bonds is 15. The maximum atomic E-state index is 11.9. The molecule has 2 saturated heterocycles. The Kier molecular flexibility index (Phi) is 39.9. The molecule has 0 aromatic heterocycles. The van der Waals surface area contributed by atoms with Crippen LogP contribution in [0.2, 0.25) is 0 Å². The van der Waals surface area contributed by atoms with Crippen molar-refractivity contribution < 1.29 is 95.4 Å². The van der Waals surface area contributed by atoms with Crippen molar-refractivity contribution in [3.8, 4) is 0 Å². The summed E-state index contributed by atoms with van der Waals surface area (Å²) < 4.78 is 0. The van der Waals surface area contributed by atoms with Crippen molar-refractivity contribution in [3.63, 3.8) is 0 Å². The molecule has 2 fully saturated rings. The average molecular weight is 1240 g/mol. The van der Waals surface area contributed by atoms with E-state index in [-0.39, 0.29) is 119 Å². The number of hydrogen-bond donors (Lipinski definition) is 1.